The zero-order valence-corrected chi connectivity index (χ0v) is 12.5. The van der Waals surface area contributed by atoms with Crippen LogP contribution in [0.3, 0.4) is 0 Å². The smallest absolute Gasteiger partial charge is 0.319 e. The van der Waals surface area contributed by atoms with Gasteiger partial charge in [-0.2, -0.15) is 0 Å². The van der Waals surface area contributed by atoms with Crippen LogP contribution in [-0.2, 0) is 16.1 Å². The van der Waals surface area contributed by atoms with Gasteiger partial charge in [-0.05, 0) is 24.7 Å². The van der Waals surface area contributed by atoms with Gasteiger partial charge < -0.3 is 14.2 Å². The van der Waals surface area contributed by atoms with Crippen LogP contribution in [0, 0.1) is 0 Å². The minimum absolute atomic E-state index is 0.247. The van der Waals surface area contributed by atoms with E-state index in [0.717, 1.165) is 21.5 Å². The fourth-order valence-electron chi connectivity index (χ4n) is 1.86. The Morgan fingerprint density at radius 1 is 1.37 bits per heavy atom. The molecule has 0 spiro atoms. The van der Waals surface area contributed by atoms with E-state index >= 15 is 0 Å². The Morgan fingerprint density at radius 3 is 2.63 bits per heavy atom. The van der Waals surface area contributed by atoms with Crippen LogP contribution in [0.15, 0.2) is 16.6 Å². The molecule has 0 saturated carbocycles. The molecule has 1 aromatic carbocycles. The van der Waals surface area contributed by atoms with Crippen molar-refractivity contribution in [2.45, 2.75) is 6.54 Å². The first kappa shape index (κ1) is 14.1. The molecule has 0 bridgehead atoms. The average Bonchev–Trinajstić information content (AvgIpc) is 2.39. The third-order valence-corrected chi connectivity index (χ3v) is 3.52. The van der Waals surface area contributed by atoms with Gasteiger partial charge in [0.25, 0.3) is 0 Å². The molecular formula is C13H16BrNO4. The SMILES string of the molecule is COC(=O)CN(C)Cc1cc2c(cc1Br)OCCO2. The fourth-order valence-corrected chi connectivity index (χ4v) is 2.31. The van der Waals surface area contributed by atoms with Gasteiger partial charge in [0, 0.05) is 11.0 Å². The molecule has 0 atom stereocenters. The molecule has 6 heteroatoms. The molecule has 0 fully saturated rings. The van der Waals surface area contributed by atoms with Crippen molar-refractivity contribution in [3.05, 3.63) is 22.2 Å². The zero-order chi connectivity index (χ0) is 13.8. The Kier molecular flexibility index (Phi) is 4.66. The second-order valence-corrected chi connectivity index (χ2v) is 5.19. The molecule has 104 valence electrons. The number of nitrogens with zero attached hydrogens (tertiary/aromatic N) is 1. The van der Waals surface area contributed by atoms with Gasteiger partial charge in [0.05, 0.1) is 13.7 Å². The summed E-state index contributed by atoms with van der Waals surface area (Å²) >= 11 is 3.51. The van der Waals surface area contributed by atoms with E-state index < -0.39 is 0 Å². The van der Waals surface area contributed by atoms with E-state index in [9.17, 15) is 4.79 Å². The predicted octanol–water partition coefficient (Wildman–Crippen LogP) is 1.83. The molecule has 0 aliphatic carbocycles. The summed E-state index contributed by atoms with van der Waals surface area (Å²) in [5, 5.41) is 0. The van der Waals surface area contributed by atoms with Gasteiger partial charge in [0.2, 0.25) is 0 Å². The van der Waals surface area contributed by atoms with Crippen molar-refractivity contribution in [3.8, 4) is 11.5 Å². The molecule has 0 unspecified atom stereocenters. The van der Waals surface area contributed by atoms with Gasteiger partial charge in [-0.25, -0.2) is 0 Å². The minimum atomic E-state index is -0.254. The molecule has 1 aromatic rings. The molecule has 1 aliphatic heterocycles. The van der Waals surface area contributed by atoms with Crippen LogP contribution in [0.5, 0.6) is 11.5 Å². The van der Waals surface area contributed by atoms with E-state index in [4.69, 9.17) is 9.47 Å². The minimum Gasteiger partial charge on any atom is -0.486 e. The average molecular weight is 330 g/mol. The normalized spacial score (nSPS) is 13.5. The van der Waals surface area contributed by atoms with Gasteiger partial charge in [0.1, 0.15) is 13.2 Å². The van der Waals surface area contributed by atoms with Gasteiger partial charge in [-0.1, -0.05) is 15.9 Å². The summed E-state index contributed by atoms with van der Waals surface area (Å²) in [7, 11) is 3.25. The van der Waals surface area contributed by atoms with E-state index in [1.54, 1.807) is 0 Å². The van der Waals surface area contributed by atoms with Crippen LogP contribution in [0.4, 0.5) is 0 Å². The number of hydrogen-bond donors (Lipinski definition) is 0. The molecule has 0 aromatic heterocycles. The predicted molar refractivity (Wildman–Crippen MR) is 73.5 cm³/mol. The van der Waals surface area contributed by atoms with E-state index in [-0.39, 0.29) is 12.5 Å². The highest BCUT2D eigenvalue weighted by Crippen LogP contribution is 2.35. The van der Waals surface area contributed by atoms with E-state index in [2.05, 4.69) is 20.7 Å². The second kappa shape index (κ2) is 6.25. The van der Waals surface area contributed by atoms with Gasteiger partial charge in [-0.15, -0.1) is 0 Å². The Hall–Kier alpha value is -1.27. The lowest BCUT2D eigenvalue weighted by Gasteiger charge is -2.21. The fraction of sp³-hybridized carbons (Fsp3) is 0.462. The molecule has 1 heterocycles. The molecule has 5 nitrogen and oxygen atoms in total. The van der Waals surface area contributed by atoms with Gasteiger partial charge in [0.15, 0.2) is 11.5 Å². The number of hydrogen-bond acceptors (Lipinski definition) is 5. The summed E-state index contributed by atoms with van der Waals surface area (Å²) in [6, 6.07) is 3.84. The number of rotatable bonds is 4. The van der Waals surface area contributed by atoms with Crippen LogP contribution in [0.2, 0.25) is 0 Å². The van der Waals surface area contributed by atoms with Crippen LogP contribution < -0.4 is 9.47 Å². The summed E-state index contributed by atoms with van der Waals surface area (Å²) in [4.78, 5) is 13.1. The number of carbonyl (C=O) groups excluding carboxylic acids is 1. The molecule has 0 radical (unpaired) electrons. The third-order valence-electron chi connectivity index (χ3n) is 2.78. The quantitative estimate of drug-likeness (QED) is 0.789. The van der Waals surface area contributed by atoms with Crippen molar-refractivity contribution in [1.82, 2.24) is 4.90 Å². The van der Waals surface area contributed by atoms with Crippen molar-refractivity contribution >= 4 is 21.9 Å². The number of halogens is 1. The third kappa shape index (κ3) is 3.61. The van der Waals surface area contributed by atoms with Crippen LogP contribution >= 0.6 is 15.9 Å². The molecule has 0 amide bonds. The number of esters is 1. The highest BCUT2D eigenvalue weighted by Gasteiger charge is 2.16. The first-order chi connectivity index (χ1) is 9.10. The number of fused-ring (bicyclic) bond motifs is 1. The first-order valence-corrected chi connectivity index (χ1v) is 6.73. The lowest BCUT2D eigenvalue weighted by molar-refractivity contribution is -0.141. The highest BCUT2D eigenvalue weighted by atomic mass is 79.9. The summed E-state index contributed by atoms with van der Waals surface area (Å²) in [6.45, 7) is 2.00. The Balaban J connectivity index is 2.09. The maximum absolute atomic E-state index is 11.2. The molecule has 0 saturated heterocycles. The summed E-state index contributed by atoms with van der Waals surface area (Å²) < 4.78 is 16.6. The van der Waals surface area contributed by atoms with Crippen molar-refractivity contribution < 1.29 is 19.0 Å². The van der Waals surface area contributed by atoms with Gasteiger partial charge >= 0.3 is 5.97 Å². The number of methoxy groups -OCH3 is 1. The summed E-state index contributed by atoms with van der Waals surface area (Å²) in [6.07, 6.45) is 0. The van der Waals surface area contributed by atoms with Crippen molar-refractivity contribution in [1.29, 1.82) is 0 Å². The monoisotopic (exact) mass is 329 g/mol. The topological polar surface area (TPSA) is 48.0 Å². The standard InChI is InChI=1S/C13H16BrNO4/c1-15(8-13(16)17-2)7-9-5-11-12(6-10(9)14)19-4-3-18-11/h5-6H,3-4,7-8H2,1-2H3. The Labute approximate surface area is 120 Å². The maximum atomic E-state index is 11.2. The highest BCUT2D eigenvalue weighted by molar-refractivity contribution is 9.10. The largest absolute Gasteiger partial charge is 0.486 e. The number of likely N-dealkylation sites (N-methyl/N-ethyl adjacent to an activating group) is 1. The van der Waals surface area contributed by atoms with Crippen molar-refractivity contribution in [3.63, 3.8) is 0 Å². The van der Waals surface area contributed by atoms with Gasteiger partial charge in [-0.3, -0.25) is 9.69 Å². The van der Waals surface area contributed by atoms with E-state index in [1.807, 2.05) is 24.1 Å². The molecule has 0 N–H and O–H groups in total. The summed E-state index contributed by atoms with van der Waals surface area (Å²) in [5.74, 6) is 1.24. The zero-order valence-electron chi connectivity index (χ0n) is 10.9. The lowest BCUT2D eigenvalue weighted by atomic mass is 10.2. The molecular weight excluding hydrogens is 314 g/mol. The van der Waals surface area contributed by atoms with Crippen molar-refractivity contribution in [2.75, 3.05) is 33.9 Å². The molecule has 2 rings (SSSR count). The Morgan fingerprint density at radius 2 is 2.00 bits per heavy atom. The van der Waals surface area contributed by atoms with Crippen LogP contribution in [0.25, 0.3) is 0 Å². The lowest BCUT2D eigenvalue weighted by Crippen LogP contribution is -2.26. The summed E-state index contributed by atoms with van der Waals surface area (Å²) in [5.41, 5.74) is 1.04. The van der Waals surface area contributed by atoms with Crippen LogP contribution in [-0.4, -0.2) is 44.8 Å². The number of ether oxygens (including phenoxy) is 3. The number of benzene rings is 1. The second-order valence-electron chi connectivity index (χ2n) is 4.34. The molecule has 1 aliphatic rings. The van der Waals surface area contributed by atoms with E-state index in [1.165, 1.54) is 7.11 Å². The van der Waals surface area contributed by atoms with Crippen molar-refractivity contribution in [2.24, 2.45) is 0 Å². The Bertz CT molecular complexity index is 478. The number of carbonyl (C=O) groups is 1. The van der Waals surface area contributed by atoms with E-state index in [0.29, 0.717) is 19.8 Å². The molecule has 19 heavy (non-hydrogen) atoms. The maximum Gasteiger partial charge on any atom is 0.319 e. The first-order valence-electron chi connectivity index (χ1n) is 5.93. The van der Waals surface area contributed by atoms with Crippen LogP contribution in [0.1, 0.15) is 5.56 Å².